The fraction of sp³-hybridized carbons (Fsp3) is 0.455. The van der Waals surface area contributed by atoms with Crippen LogP contribution in [0.5, 0.6) is 0 Å². The van der Waals surface area contributed by atoms with Crippen molar-refractivity contribution in [3.63, 3.8) is 0 Å². The van der Waals surface area contributed by atoms with Crippen molar-refractivity contribution in [1.82, 2.24) is 0 Å². The zero-order chi connectivity index (χ0) is 10.1. The first kappa shape index (κ1) is 10.5. The van der Waals surface area contributed by atoms with Crippen LogP contribution in [0.3, 0.4) is 0 Å². The molecule has 1 aromatic carbocycles. The van der Waals surface area contributed by atoms with Crippen LogP contribution in [0.2, 0.25) is 0 Å². The number of rotatable bonds is 1. The molecule has 1 saturated heterocycles. The van der Waals surface area contributed by atoms with E-state index in [4.69, 9.17) is 0 Å². The Labute approximate surface area is 102 Å². The van der Waals surface area contributed by atoms with Crippen LogP contribution in [0.1, 0.15) is 18.4 Å². The summed E-state index contributed by atoms with van der Waals surface area (Å²) in [5, 5.41) is 0. The Morgan fingerprint density at radius 3 is 2.36 bits per heavy atom. The van der Waals surface area contributed by atoms with Crippen molar-refractivity contribution in [1.29, 1.82) is 0 Å². The first-order valence-electron chi connectivity index (χ1n) is 4.89. The Hall–Kier alpha value is -0.0200. The van der Waals surface area contributed by atoms with Crippen molar-refractivity contribution in [3.8, 4) is 0 Å². The maximum atomic E-state index is 3.63. The van der Waals surface area contributed by atoms with E-state index in [1.165, 1.54) is 46.1 Å². The molecule has 0 radical (unpaired) electrons. The highest BCUT2D eigenvalue weighted by Gasteiger charge is 2.15. The van der Waals surface area contributed by atoms with Gasteiger partial charge in [0.1, 0.15) is 0 Å². The van der Waals surface area contributed by atoms with Crippen molar-refractivity contribution in [2.24, 2.45) is 0 Å². The molecule has 0 saturated carbocycles. The predicted octanol–water partition coefficient (Wildman–Crippen LogP) is 4.12. The molecule has 1 heterocycles. The molecular formula is C11H13Br2N. The second kappa shape index (κ2) is 4.23. The van der Waals surface area contributed by atoms with E-state index in [1.54, 1.807) is 0 Å². The maximum Gasteiger partial charge on any atom is 0.0522 e. The van der Waals surface area contributed by atoms with Gasteiger partial charge < -0.3 is 4.90 Å². The molecule has 3 heteroatoms. The first-order chi connectivity index (χ1) is 6.68. The molecule has 1 nitrogen and oxygen atoms in total. The van der Waals surface area contributed by atoms with Gasteiger partial charge in [0, 0.05) is 22.0 Å². The fourth-order valence-electron chi connectivity index (χ4n) is 1.84. The maximum absolute atomic E-state index is 3.63. The molecular weight excluding hydrogens is 306 g/mol. The zero-order valence-electron chi connectivity index (χ0n) is 8.19. The summed E-state index contributed by atoms with van der Waals surface area (Å²) in [6.45, 7) is 4.49. The van der Waals surface area contributed by atoms with E-state index in [0.29, 0.717) is 0 Å². The van der Waals surface area contributed by atoms with E-state index in [-0.39, 0.29) is 0 Å². The predicted molar refractivity (Wildman–Crippen MR) is 68.0 cm³/mol. The van der Waals surface area contributed by atoms with Gasteiger partial charge in [0.25, 0.3) is 0 Å². The molecule has 2 rings (SSSR count). The monoisotopic (exact) mass is 317 g/mol. The summed E-state index contributed by atoms with van der Waals surface area (Å²) in [5.74, 6) is 0. The Morgan fingerprint density at radius 2 is 1.71 bits per heavy atom. The lowest BCUT2D eigenvalue weighted by atomic mass is 10.2. The summed E-state index contributed by atoms with van der Waals surface area (Å²) >= 11 is 7.21. The summed E-state index contributed by atoms with van der Waals surface area (Å²) in [6, 6.07) is 4.39. The number of hydrogen-bond acceptors (Lipinski definition) is 1. The summed E-state index contributed by atoms with van der Waals surface area (Å²) in [5.41, 5.74) is 2.60. The second-order valence-electron chi connectivity index (χ2n) is 3.75. The minimum atomic E-state index is 1.19. The van der Waals surface area contributed by atoms with Gasteiger partial charge in [-0.1, -0.05) is 15.9 Å². The summed E-state index contributed by atoms with van der Waals surface area (Å²) in [6.07, 6.45) is 2.63. The van der Waals surface area contributed by atoms with E-state index in [2.05, 4.69) is 55.8 Å². The van der Waals surface area contributed by atoms with Crippen LogP contribution < -0.4 is 4.90 Å². The highest BCUT2D eigenvalue weighted by molar-refractivity contribution is 9.11. The van der Waals surface area contributed by atoms with Gasteiger partial charge in [0.15, 0.2) is 0 Å². The molecule has 0 amide bonds. The van der Waals surface area contributed by atoms with Gasteiger partial charge in [-0.15, -0.1) is 0 Å². The molecule has 1 aromatic rings. The summed E-state index contributed by atoms with van der Waals surface area (Å²) in [4.78, 5) is 2.44. The molecule has 1 aliphatic rings. The van der Waals surface area contributed by atoms with Crippen LogP contribution in [-0.2, 0) is 0 Å². The highest BCUT2D eigenvalue weighted by atomic mass is 79.9. The lowest BCUT2D eigenvalue weighted by Crippen LogP contribution is -2.18. The number of hydrogen-bond donors (Lipinski definition) is 0. The lowest BCUT2D eigenvalue weighted by Gasteiger charge is -2.20. The van der Waals surface area contributed by atoms with Crippen LogP contribution in [0, 0.1) is 6.92 Å². The van der Waals surface area contributed by atoms with Crippen molar-refractivity contribution < 1.29 is 0 Å². The van der Waals surface area contributed by atoms with Gasteiger partial charge >= 0.3 is 0 Å². The summed E-state index contributed by atoms with van der Waals surface area (Å²) in [7, 11) is 0. The Morgan fingerprint density at radius 1 is 1.07 bits per heavy atom. The van der Waals surface area contributed by atoms with Crippen molar-refractivity contribution in [2.75, 3.05) is 18.0 Å². The van der Waals surface area contributed by atoms with Crippen molar-refractivity contribution >= 4 is 37.5 Å². The smallest absolute Gasteiger partial charge is 0.0522 e. The molecule has 0 bridgehead atoms. The third-order valence-corrected chi connectivity index (χ3v) is 4.16. The molecule has 76 valence electrons. The highest BCUT2D eigenvalue weighted by Crippen LogP contribution is 2.33. The topological polar surface area (TPSA) is 3.24 Å². The van der Waals surface area contributed by atoms with E-state index >= 15 is 0 Å². The second-order valence-corrected chi connectivity index (χ2v) is 5.46. The molecule has 0 unspecified atom stereocenters. The SMILES string of the molecule is Cc1cc(Br)c(N2CCCC2)cc1Br. The van der Waals surface area contributed by atoms with Gasteiger partial charge in [0.2, 0.25) is 0 Å². The summed E-state index contributed by atoms with van der Waals surface area (Å²) < 4.78 is 2.41. The van der Waals surface area contributed by atoms with E-state index < -0.39 is 0 Å². The van der Waals surface area contributed by atoms with Crippen LogP contribution in [0.15, 0.2) is 21.1 Å². The number of aryl methyl sites for hydroxylation is 1. The van der Waals surface area contributed by atoms with E-state index in [1.807, 2.05) is 0 Å². The number of halogens is 2. The Balaban J connectivity index is 2.37. The number of nitrogens with zero attached hydrogens (tertiary/aromatic N) is 1. The minimum Gasteiger partial charge on any atom is -0.371 e. The average Bonchev–Trinajstić information content (AvgIpc) is 2.64. The van der Waals surface area contributed by atoms with Gasteiger partial charge in [0.05, 0.1) is 5.69 Å². The van der Waals surface area contributed by atoms with Gasteiger partial charge in [-0.2, -0.15) is 0 Å². The quantitative estimate of drug-likeness (QED) is 0.753. The van der Waals surface area contributed by atoms with Gasteiger partial charge in [-0.25, -0.2) is 0 Å². The Kier molecular flexibility index (Phi) is 3.17. The lowest BCUT2D eigenvalue weighted by molar-refractivity contribution is 0.949. The number of benzene rings is 1. The average molecular weight is 319 g/mol. The standard InChI is InChI=1S/C11H13Br2N/c1-8-6-10(13)11(7-9(8)12)14-4-2-3-5-14/h6-7H,2-5H2,1H3. The first-order valence-corrected chi connectivity index (χ1v) is 6.47. The molecule has 1 fully saturated rings. The van der Waals surface area contributed by atoms with Crippen LogP contribution >= 0.6 is 31.9 Å². The van der Waals surface area contributed by atoms with Crippen LogP contribution in [-0.4, -0.2) is 13.1 Å². The normalized spacial score (nSPS) is 16.4. The van der Waals surface area contributed by atoms with Crippen molar-refractivity contribution in [3.05, 3.63) is 26.6 Å². The molecule has 0 aromatic heterocycles. The van der Waals surface area contributed by atoms with Gasteiger partial charge in [-0.3, -0.25) is 0 Å². The largest absolute Gasteiger partial charge is 0.371 e. The molecule has 14 heavy (non-hydrogen) atoms. The number of anilines is 1. The molecule has 0 aliphatic carbocycles. The van der Waals surface area contributed by atoms with Gasteiger partial charge in [-0.05, 0) is 53.4 Å². The van der Waals surface area contributed by atoms with E-state index in [0.717, 1.165) is 0 Å². The molecule has 0 atom stereocenters. The Bertz CT molecular complexity index is 343. The third kappa shape index (κ3) is 1.98. The molecule has 0 N–H and O–H groups in total. The van der Waals surface area contributed by atoms with E-state index in [9.17, 15) is 0 Å². The fourth-order valence-corrected chi connectivity index (χ4v) is 2.88. The minimum absolute atomic E-state index is 1.19. The van der Waals surface area contributed by atoms with Crippen molar-refractivity contribution in [2.45, 2.75) is 19.8 Å². The third-order valence-electron chi connectivity index (χ3n) is 2.67. The van der Waals surface area contributed by atoms with Crippen LogP contribution in [0.25, 0.3) is 0 Å². The molecule has 1 aliphatic heterocycles. The van der Waals surface area contributed by atoms with Crippen LogP contribution in [0.4, 0.5) is 5.69 Å². The molecule has 0 spiro atoms. The zero-order valence-corrected chi connectivity index (χ0v) is 11.4.